The largest absolute Gasteiger partial charge is 0.506 e. The fourth-order valence-electron chi connectivity index (χ4n) is 4.37. The minimum atomic E-state index is -0.300. The Balaban J connectivity index is 1.75. The van der Waals surface area contributed by atoms with E-state index in [9.17, 15) is 9.90 Å². The number of hydrogen-bond acceptors (Lipinski definition) is 3. The number of carbonyl (C=O) groups excluding carboxylic acids is 1. The van der Waals surface area contributed by atoms with E-state index in [1.165, 1.54) is 11.1 Å². The van der Waals surface area contributed by atoms with Gasteiger partial charge in [-0.25, -0.2) is 0 Å². The van der Waals surface area contributed by atoms with E-state index < -0.39 is 0 Å². The van der Waals surface area contributed by atoms with Crippen molar-refractivity contribution in [3.63, 3.8) is 0 Å². The molecule has 3 rings (SSSR count). The molecule has 0 aliphatic rings. The molecule has 0 aliphatic carbocycles. The summed E-state index contributed by atoms with van der Waals surface area (Å²) in [4.78, 5) is 12.9. The second-order valence-electron chi connectivity index (χ2n) is 12.0. The van der Waals surface area contributed by atoms with Crippen molar-refractivity contribution < 1.29 is 14.6 Å². The Morgan fingerprint density at radius 3 is 2.29 bits per heavy atom. The van der Waals surface area contributed by atoms with Crippen LogP contribution in [-0.4, -0.2) is 23.7 Å². The highest BCUT2D eigenvalue weighted by atomic mass is 16.5. The summed E-state index contributed by atoms with van der Waals surface area (Å²) in [6.45, 7) is 15.9. The second kappa shape index (κ2) is 10.7. The summed E-state index contributed by atoms with van der Waals surface area (Å²) in [5, 5.41) is 15.2. The number of hydrogen-bond donors (Lipinski definition) is 2. The fraction of sp³-hybridized carbons (Fsp3) is 0.452. The zero-order valence-corrected chi connectivity index (χ0v) is 22.4. The van der Waals surface area contributed by atoms with Gasteiger partial charge in [0.25, 0.3) is 5.91 Å². The number of phenols is 1. The van der Waals surface area contributed by atoms with Gasteiger partial charge in [-0.1, -0.05) is 90.9 Å². The maximum atomic E-state index is 12.9. The van der Waals surface area contributed by atoms with Crippen molar-refractivity contribution in [2.75, 3.05) is 6.54 Å². The Labute approximate surface area is 210 Å². The summed E-state index contributed by atoms with van der Waals surface area (Å²) >= 11 is 0. The molecule has 1 unspecified atom stereocenters. The molecule has 0 aromatic heterocycles. The molecule has 1 atom stereocenters. The standard InChI is InChI=1S/C31H41NO3/c1-8-24(20-32-29(34)26-15-14-22-11-9-10-12-25(22)28(26)33)35-27-16-13-21(18-30(2,3)4)17-23(27)19-31(5,6)7/h9-17,24,33H,8,18-20H2,1-7H3,(H,32,34). The van der Waals surface area contributed by atoms with Gasteiger partial charge >= 0.3 is 0 Å². The topological polar surface area (TPSA) is 58.6 Å². The van der Waals surface area contributed by atoms with Crippen LogP contribution in [0.3, 0.4) is 0 Å². The van der Waals surface area contributed by atoms with E-state index in [1.807, 2.05) is 30.3 Å². The van der Waals surface area contributed by atoms with Crippen LogP contribution >= 0.6 is 0 Å². The summed E-state index contributed by atoms with van der Waals surface area (Å²) in [7, 11) is 0. The van der Waals surface area contributed by atoms with Crippen LogP contribution in [0, 0.1) is 10.8 Å². The molecular formula is C31H41NO3. The van der Waals surface area contributed by atoms with Crippen LogP contribution in [0.1, 0.15) is 76.4 Å². The van der Waals surface area contributed by atoms with E-state index in [4.69, 9.17) is 4.74 Å². The van der Waals surface area contributed by atoms with Gasteiger partial charge in [0.2, 0.25) is 0 Å². The highest BCUT2D eigenvalue weighted by molar-refractivity contribution is 6.03. The maximum Gasteiger partial charge on any atom is 0.255 e. The van der Waals surface area contributed by atoms with Crippen molar-refractivity contribution in [2.24, 2.45) is 10.8 Å². The van der Waals surface area contributed by atoms with Crippen molar-refractivity contribution in [3.8, 4) is 11.5 Å². The van der Waals surface area contributed by atoms with Crippen molar-refractivity contribution in [1.82, 2.24) is 5.32 Å². The highest BCUT2D eigenvalue weighted by Crippen LogP contribution is 2.32. The maximum absolute atomic E-state index is 12.9. The lowest BCUT2D eigenvalue weighted by molar-refractivity contribution is 0.0923. The van der Waals surface area contributed by atoms with Gasteiger partial charge in [-0.2, -0.15) is 0 Å². The van der Waals surface area contributed by atoms with Gasteiger partial charge in [-0.15, -0.1) is 0 Å². The first-order chi connectivity index (χ1) is 16.4. The van der Waals surface area contributed by atoms with Crippen LogP contribution in [0.5, 0.6) is 11.5 Å². The van der Waals surface area contributed by atoms with Gasteiger partial charge in [-0.3, -0.25) is 4.79 Å². The Morgan fingerprint density at radius 2 is 1.63 bits per heavy atom. The fourth-order valence-corrected chi connectivity index (χ4v) is 4.37. The number of ether oxygens (including phenoxy) is 1. The molecule has 188 valence electrons. The Kier molecular flexibility index (Phi) is 8.15. The lowest BCUT2D eigenvalue weighted by atomic mass is 9.84. The Morgan fingerprint density at radius 1 is 0.943 bits per heavy atom. The number of rotatable bonds is 8. The van der Waals surface area contributed by atoms with E-state index >= 15 is 0 Å². The number of benzene rings is 3. The summed E-state index contributed by atoms with van der Waals surface area (Å²) in [6.07, 6.45) is 2.50. The third-order valence-corrected chi connectivity index (χ3v) is 5.96. The van der Waals surface area contributed by atoms with Crippen molar-refractivity contribution in [3.05, 3.63) is 71.3 Å². The van der Waals surface area contributed by atoms with Gasteiger partial charge in [0.05, 0.1) is 12.1 Å². The van der Waals surface area contributed by atoms with E-state index in [0.717, 1.165) is 30.4 Å². The molecule has 3 aromatic rings. The Hall–Kier alpha value is -3.01. The molecule has 3 aromatic carbocycles. The highest BCUT2D eigenvalue weighted by Gasteiger charge is 2.21. The number of aromatic hydroxyl groups is 1. The first-order valence-electron chi connectivity index (χ1n) is 12.6. The molecule has 0 radical (unpaired) electrons. The number of phenolic OH excluding ortho intramolecular Hbond substituents is 1. The zero-order valence-electron chi connectivity index (χ0n) is 22.4. The first-order valence-corrected chi connectivity index (χ1v) is 12.6. The first kappa shape index (κ1) is 26.6. The average Bonchev–Trinajstić information content (AvgIpc) is 2.76. The minimum Gasteiger partial charge on any atom is -0.506 e. The van der Waals surface area contributed by atoms with E-state index in [-0.39, 0.29) is 34.2 Å². The Bertz CT molecular complexity index is 1170. The van der Waals surface area contributed by atoms with E-state index in [1.54, 1.807) is 6.07 Å². The smallest absolute Gasteiger partial charge is 0.255 e. The van der Waals surface area contributed by atoms with Crippen LogP contribution in [0.4, 0.5) is 0 Å². The molecule has 0 saturated heterocycles. The molecule has 2 N–H and O–H groups in total. The molecule has 0 aliphatic heterocycles. The number of nitrogens with one attached hydrogen (secondary N) is 1. The predicted octanol–water partition coefficient (Wildman–Crippen LogP) is 7.31. The van der Waals surface area contributed by atoms with Gasteiger partial charge in [0.1, 0.15) is 17.6 Å². The summed E-state index contributed by atoms with van der Waals surface area (Å²) in [6, 6.07) is 17.6. The van der Waals surface area contributed by atoms with Gasteiger partial charge < -0.3 is 15.2 Å². The van der Waals surface area contributed by atoms with Crippen LogP contribution in [0.2, 0.25) is 0 Å². The van der Waals surface area contributed by atoms with E-state index in [2.05, 4.69) is 72.0 Å². The van der Waals surface area contributed by atoms with Crippen LogP contribution < -0.4 is 10.1 Å². The number of carbonyl (C=O) groups is 1. The van der Waals surface area contributed by atoms with Crippen molar-refractivity contribution in [2.45, 2.75) is 73.8 Å². The van der Waals surface area contributed by atoms with Crippen molar-refractivity contribution >= 4 is 16.7 Å². The predicted molar refractivity (Wildman–Crippen MR) is 145 cm³/mol. The molecule has 4 nitrogen and oxygen atoms in total. The molecule has 0 fully saturated rings. The summed E-state index contributed by atoms with van der Waals surface area (Å²) in [5.74, 6) is 0.592. The molecule has 4 heteroatoms. The van der Waals surface area contributed by atoms with Gasteiger partial charge in [0, 0.05) is 5.39 Å². The normalized spacial score (nSPS) is 13.0. The SMILES string of the molecule is CCC(CNC(=O)c1ccc2ccccc2c1O)Oc1ccc(CC(C)(C)C)cc1CC(C)(C)C. The van der Waals surface area contributed by atoms with Gasteiger partial charge in [0.15, 0.2) is 0 Å². The quantitative estimate of drug-likeness (QED) is 0.359. The van der Waals surface area contributed by atoms with Crippen LogP contribution in [0.15, 0.2) is 54.6 Å². The lowest BCUT2D eigenvalue weighted by Gasteiger charge is -2.25. The number of amides is 1. The zero-order chi connectivity index (χ0) is 25.8. The molecule has 1 amide bonds. The molecule has 0 heterocycles. The second-order valence-corrected chi connectivity index (χ2v) is 12.0. The third-order valence-electron chi connectivity index (χ3n) is 5.96. The summed E-state index contributed by atoms with van der Waals surface area (Å²) in [5.41, 5.74) is 3.14. The molecule has 0 bridgehead atoms. The van der Waals surface area contributed by atoms with Gasteiger partial charge in [-0.05, 0) is 58.7 Å². The van der Waals surface area contributed by atoms with Crippen molar-refractivity contribution in [1.29, 1.82) is 0 Å². The number of fused-ring (bicyclic) bond motifs is 1. The monoisotopic (exact) mass is 475 g/mol. The van der Waals surface area contributed by atoms with Crippen LogP contribution in [-0.2, 0) is 12.8 Å². The third kappa shape index (κ3) is 7.48. The molecule has 0 saturated carbocycles. The molecule has 35 heavy (non-hydrogen) atoms. The molecule has 0 spiro atoms. The van der Waals surface area contributed by atoms with Crippen LogP contribution in [0.25, 0.3) is 10.8 Å². The van der Waals surface area contributed by atoms with E-state index in [0.29, 0.717) is 11.9 Å². The lowest BCUT2D eigenvalue weighted by Crippen LogP contribution is -2.35. The molecular weight excluding hydrogens is 434 g/mol. The minimum absolute atomic E-state index is 0.0106. The average molecular weight is 476 g/mol. The summed E-state index contributed by atoms with van der Waals surface area (Å²) < 4.78 is 6.44.